The summed E-state index contributed by atoms with van der Waals surface area (Å²) in [6.45, 7) is 0.769. The third kappa shape index (κ3) is 3.66. The number of ether oxygens (including phenoxy) is 1. The normalized spacial score (nSPS) is 19.4. The molecule has 0 radical (unpaired) electrons. The number of halogens is 1. The number of hydrogen-bond donors (Lipinski definition) is 1. The molecule has 116 valence electrons. The van der Waals surface area contributed by atoms with E-state index >= 15 is 0 Å². The van der Waals surface area contributed by atoms with Crippen LogP contribution in [-0.2, 0) is 10.0 Å². The monoisotopic (exact) mass is 331 g/mol. The Morgan fingerprint density at radius 2 is 2.19 bits per heavy atom. The van der Waals surface area contributed by atoms with E-state index in [4.69, 9.17) is 15.7 Å². The van der Waals surface area contributed by atoms with Gasteiger partial charge < -0.3 is 10.5 Å². The molecule has 1 fully saturated rings. The second-order valence-electron chi connectivity index (χ2n) is 4.74. The highest BCUT2D eigenvalue weighted by Crippen LogP contribution is 2.29. The molecule has 1 heterocycles. The molecule has 0 bridgehead atoms. The second kappa shape index (κ2) is 7.09. The van der Waals surface area contributed by atoms with Crippen LogP contribution < -0.4 is 10.5 Å². The number of nitrogens with two attached hydrogens (primary N) is 1. The van der Waals surface area contributed by atoms with Gasteiger partial charge in [0.2, 0.25) is 10.0 Å². The molecule has 0 aliphatic carbocycles. The van der Waals surface area contributed by atoms with Crippen molar-refractivity contribution in [1.29, 1.82) is 5.26 Å². The molecule has 1 saturated heterocycles. The van der Waals surface area contributed by atoms with Crippen molar-refractivity contribution < 1.29 is 13.2 Å². The van der Waals surface area contributed by atoms with Gasteiger partial charge in [0.1, 0.15) is 10.6 Å². The first kappa shape index (κ1) is 17.7. The van der Waals surface area contributed by atoms with Crippen molar-refractivity contribution in [2.24, 2.45) is 5.73 Å². The lowest BCUT2D eigenvalue weighted by molar-refractivity contribution is 0.314. The van der Waals surface area contributed by atoms with Gasteiger partial charge in [-0.1, -0.05) is 0 Å². The molecule has 6 nitrogen and oxygen atoms in total. The Labute approximate surface area is 130 Å². The Bertz CT molecular complexity index is 643. The summed E-state index contributed by atoms with van der Waals surface area (Å²) in [6, 6.07) is 6.13. The summed E-state index contributed by atoms with van der Waals surface area (Å²) in [7, 11) is -2.26. The molecule has 1 aliphatic heterocycles. The largest absolute Gasteiger partial charge is 0.495 e. The van der Waals surface area contributed by atoms with Gasteiger partial charge in [-0.05, 0) is 31.0 Å². The van der Waals surface area contributed by atoms with Crippen LogP contribution in [0.15, 0.2) is 23.1 Å². The minimum Gasteiger partial charge on any atom is -0.495 e. The fourth-order valence-corrected chi connectivity index (χ4v) is 3.95. The van der Waals surface area contributed by atoms with Crippen LogP contribution in [0, 0.1) is 11.3 Å². The van der Waals surface area contributed by atoms with E-state index in [0.29, 0.717) is 18.7 Å². The summed E-state index contributed by atoms with van der Waals surface area (Å²) >= 11 is 0. The first-order valence-electron chi connectivity index (χ1n) is 6.33. The van der Waals surface area contributed by atoms with Crippen molar-refractivity contribution in [3.05, 3.63) is 23.8 Å². The Morgan fingerprint density at radius 3 is 2.76 bits per heavy atom. The van der Waals surface area contributed by atoms with Crippen molar-refractivity contribution in [2.75, 3.05) is 20.2 Å². The maximum Gasteiger partial charge on any atom is 0.246 e. The molecule has 2 N–H and O–H groups in total. The molecule has 1 atom stereocenters. The molecule has 1 aliphatic rings. The number of nitriles is 1. The van der Waals surface area contributed by atoms with Gasteiger partial charge in [0.15, 0.2) is 0 Å². The fraction of sp³-hybridized carbons (Fsp3) is 0.462. The van der Waals surface area contributed by atoms with Gasteiger partial charge in [0, 0.05) is 19.1 Å². The zero-order valence-corrected chi connectivity index (χ0v) is 13.3. The number of hydrogen-bond acceptors (Lipinski definition) is 5. The van der Waals surface area contributed by atoms with Gasteiger partial charge in [0.25, 0.3) is 0 Å². The summed E-state index contributed by atoms with van der Waals surface area (Å²) in [5.74, 6) is 0.184. The van der Waals surface area contributed by atoms with E-state index in [9.17, 15) is 8.42 Å². The van der Waals surface area contributed by atoms with Gasteiger partial charge in [-0.15, -0.1) is 12.4 Å². The molecule has 1 aromatic rings. The Morgan fingerprint density at radius 1 is 1.48 bits per heavy atom. The number of rotatable bonds is 3. The minimum absolute atomic E-state index is 0. The van der Waals surface area contributed by atoms with Gasteiger partial charge in [-0.25, -0.2) is 8.42 Å². The predicted molar refractivity (Wildman–Crippen MR) is 80.9 cm³/mol. The molecule has 2 rings (SSSR count). The van der Waals surface area contributed by atoms with Crippen LogP contribution >= 0.6 is 12.4 Å². The van der Waals surface area contributed by atoms with Crippen molar-refractivity contribution in [2.45, 2.75) is 23.8 Å². The minimum atomic E-state index is -3.64. The van der Waals surface area contributed by atoms with Crippen LogP contribution in [0.2, 0.25) is 0 Å². The van der Waals surface area contributed by atoms with E-state index in [1.165, 1.54) is 29.6 Å². The zero-order chi connectivity index (χ0) is 14.8. The smallest absolute Gasteiger partial charge is 0.246 e. The van der Waals surface area contributed by atoms with E-state index in [1.807, 2.05) is 6.07 Å². The molecule has 1 aromatic carbocycles. The average molecular weight is 332 g/mol. The van der Waals surface area contributed by atoms with Gasteiger partial charge in [-0.2, -0.15) is 9.57 Å². The van der Waals surface area contributed by atoms with Crippen LogP contribution in [-0.4, -0.2) is 39.0 Å². The number of sulfonamides is 1. The standard InChI is InChI=1S/C13H17N3O3S.ClH/c1-19-12-7-10(8-14)4-5-13(12)20(17,18)16-6-2-3-11(15)9-16;/h4-5,7,11H,2-3,6,9,15H2,1H3;1H/t11-;/m1./s1. The third-order valence-electron chi connectivity index (χ3n) is 3.33. The average Bonchev–Trinajstić information content (AvgIpc) is 2.46. The van der Waals surface area contributed by atoms with E-state index in [2.05, 4.69) is 0 Å². The Balaban J connectivity index is 0.00000220. The van der Waals surface area contributed by atoms with Crippen LogP contribution in [0.25, 0.3) is 0 Å². The summed E-state index contributed by atoms with van der Waals surface area (Å²) < 4.78 is 31.7. The molecule has 8 heteroatoms. The van der Waals surface area contributed by atoms with E-state index in [0.717, 1.165) is 12.8 Å². The highest BCUT2D eigenvalue weighted by Gasteiger charge is 2.31. The van der Waals surface area contributed by atoms with Gasteiger partial charge >= 0.3 is 0 Å². The molecule has 0 amide bonds. The summed E-state index contributed by atoms with van der Waals surface area (Å²) in [4.78, 5) is 0.0769. The quantitative estimate of drug-likeness (QED) is 0.894. The topological polar surface area (TPSA) is 96.4 Å². The lowest BCUT2D eigenvalue weighted by Gasteiger charge is -2.30. The van der Waals surface area contributed by atoms with Crippen LogP contribution in [0.3, 0.4) is 0 Å². The van der Waals surface area contributed by atoms with Gasteiger partial charge in [-0.3, -0.25) is 0 Å². The zero-order valence-electron chi connectivity index (χ0n) is 11.7. The molecular weight excluding hydrogens is 314 g/mol. The third-order valence-corrected chi connectivity index (χ3v) is 5.24. The summed E-state index contributed by atoms with van der Waals surface area (Å²) in [6.07, 6.45) is 1.58. The van der Waals surface area contributed by atoms with E-state index in [-0.39, 0.29) is 29.1 Å². The number of nitrogens with zero attached hydrogens (tertiary/aromatic N) is 2. The highest BCUT2D eigenvalue weighted by molar-refractivity contribution is 7.89. The van der Waals surface area contributed by atoms with Crippen LogP contribution in [0.4, 0.5) is 0 Å². The number of benzene rings is 1. The van der Waals surface area contributed by atoms with Crippen LogP contribution in [0.1, 0.15) is 18.4 Å². The maximum absolute atomic E-state index is 12.6. The second-order valence-corrected chi connectivity index (χ2v) is 6.65. The lowest BCUT2D eigenvalue weighted by atomic mass is 10.1. The molecule has 21 heavy (non-hydrogen) atoms. The molecule has 0 unspecified atom stereocenters. The van der Waals surface area contributed by atoms with Crippen molar-refractivity contribution in [1.82, 2.24) is 4.31 Å². The predicted octanol–water partition coefficient (Wildman–Crippen LogP) is 1.10. The van der Waals surface area contributed by atoms with Gasteiger partial charge in [0.05, 0.1) is 18.7 Å². The first-order chi connectivity index (χ1) is 9.48. The Kier molecular flexibility index (Phi) is 5.98. The van der Waals surface area contributed by atoms with E-state index in [1.54, 1.807) is 0 Å². The molecule has 0 saturated carbocycles. The molecular formula is C13H18ClN3O3S. The summed E-state index contributed by atoms with van der Waals surface area (Å²) in [5.41, 5.74) is 6.19. The fourth-order valence-electron chi connectivity index (χ4n) is 2.28. The van der Waals surface area contributed by atoms with Crippen molar-refractivity contribution >= 4 is 22.4 Å². The lowest BCUT2D eigenvalue weighted by Crippen LogP contribution is -2.45. The van der Waals surface area contributed by atoms with E-state index < -0.39 is 10.0 Å². The maximum atomic E-state index is 12.6. The number of methoxy groups -OCH3 is 1. The Hall–Kier alpha value is -1.33. The van der Waals surface area contributed by atoms with Crippen molar-refractivity contribution in [3.8, 4) is 11.8 Å². The number of piperidine rings is 1. The van der Waals surface area contributed by atoms with Crippen LogP contribution in [0.5, 0.6) is 5.75 Å². The summed E-state index contributed by atoms with van der Waals surface area (Å²) in [5, 5.41) is 8.85. The SMILES string of the molecule is COc1cc(C#N)ccc1S(=O)(=O)N1CCC[C@@H](N)C1.Cl. The molecule has 0 aromatic heterocycles. The molecule has 0 spiro atoms. The first-order valence-corrected chi connectivity index (χ1v) is 7.77. The highest BCUT2D eigenvalue weighted by atomic mass is 35.5. The van der Waals surface area contributed by atoms with Crippen molar-refractivity contribution in [3.63, 3.8) is 0 Å².